The zero-order valence-electron chi connectivity index (χ0n) is 21.7. The quantitative estimate of drug-likeness (QED) is 0.177. The molecule has 5 rings (SSSR count). The molecular formula is C31H27ClFN5OS. The fraction of sp³-hybridized carbons (Fsp3) is 0.129. The van der Waals surface area contributed by atoms with E-state index < -0.39 is 6.04 Å². The Kier molecular flexibility index (Phi) is 8.78. The molecule has 202 valence electrons. The Labute approximate surface area is 241 Å². The Morgan fingerprint density at radius 2 is 1.68 bits per heavy atom. The maximum atomic E-state index is 13.4. The number of rotatable bonds is 9. The van der Waals surface area contributed by atoms with Crippen LogP contribution in [0.2, 0.25) is 5.02 Å². The van der Waals surface area contributed by atoms with E-state index in [9.17, 15) is 9.18 Å². The van der Waals surface area contributed by atoms with Crippen LogP contribution in [0.3, 0.4) is 0 Å². The fourth-order valence-corrected chi connectivity index (χ4v) is 5.32. The highest BCUT2D eigenvalue weighted by molar-refractivity contribution is 7.98. The fourth-order valence-electron chi connectivity index (χ4n) is 4.21. The molecule has 40 heavy (non-hydrogen) atoms. The molecule has 4 aromatic carbocycles. The molecule has 1 aromatic heterocycles. The average molecular weight is 572 g/mol. The third kappa shape index (κ3) is 7.08. The van der Waals surface area contributed by atoms with E-state index in [1.165, 1.54) is 23.9 Å². The molecule has 5 aromatic rings. The van der Waals surface area contributed by atoms with Crippen molar-refractivity contribution in [2.45, 2.75) is 30.3 Å². The van der Waals surface area contributed by atoms with Crippen LogP contribution in [0.15, 0.2) is 108 Å². The SMILES string of the molecule is Cc1ccc(-n2c(SCc3ccc(F)cc3)nnc2C(Cc2ccccc2)NC(=O)Nc2cccc(Cl)c2)cc1. The predicted molar refractivity (Wildman–Crippen MR) is 159 cm³/mol. The summed E-state index contributed by atoms with van der Waals surface area (Å²) in [5, 5.41) is 16.3. The molecule has 0 radical (unpaired) electrons. The molecule has 0 fully saturated rings. The minimum Gasteiger partial charge on any atom is -0.327 e. The lowest BCUT2D eigenvalue weighted by atomic mass is 10.1. The standard InChI is InChI=1S/C31H27ClFN5OS/c1-21-10-16-27(17-11-21)38-29(36-37-31(38)40-20-23-12-14-25(33)15-13-23)28(18-22-6-3-2-4-7-22)35-30(39)34-26-9-5-8-24(32)19-26/h2-17,19,28H,18,20H2,1H3,(H2,34,35,39). The van der Waals surface area contributed by atoms with E-state index in [1.807, 2.05) is 66.1 Å². The number of nitrogens with one attached hydrogen (secondary N) is 2. The van der Waals surface area contributed by atoms with E-state index in [4.69, 9.17) is 11.6 Å². The number of halogens is 2. The van der Waals surface area contributed by atoms with E-state index in [0.29, 0.717) is 33.9 Å². The Bertz CT molecular complexity index is 1580. The van der Waals surface area contributed by atoms with Gasteiger partial charge in [-0.2, -0.15) is 0 Å². The molecule has 2 amide bonds. The summed E-state index contributed by atoms with van der Waals surface area (Å²) in [6.07, 6.45) is 0.496. The monoisotopic (exact) mass is 571 g/mol. The largest absolute Gasteiger partial charge is 0.327 e. The number of benzene rings is 4. The summed E-state index contributed by atoms with van der Waals surface area (Å²) in [6, 6.07) is 30.5. The molecule has 0 aliphatic carbocycles. The first kappa shape index (κ1) is 27.4. The van der Waals surface area contributed by atoms with Crippen molar-refractivity contribution in [2.24, 2.45) is 0 Å². The maximum Gasteiger partial charge on any atom is 0.319 e. The Hall–Kier alpha value is -4.14. The minimum absolute atomic E-state index is 0.273. The number of hydrogen-bond donors (Lipinski definition) is 2. The van der Waals surface area contributed by atoms with E-state index in [2.05, 4.69) is 20.8 Å². The van der Waals surface area contributed by atoms with E-state index in [1.54, 1.807) is 36.4 Å². The van der Waals surface area contributed by atoms with Gasteiger partial charge in [-0.3, -0.25) is 4.57 Å². The number of nitrogens with zero attached hydrogens (tertiary/aromatic N) is 3. The second-order valence-electron chi connectivity index (χ2n) is 9.28. The predicted octanol–water partition coefficient (Wildman–Crippen LogP) is 7.77. The molecule has 0 saturated heterocycles. The summed E-state index contributed by atoms with van der Waals surface area (Å²) in [5.74, 6) is 0.899. The summed E-state index contributed by atoms with van der Waals surface area (Å²) in [5.41, 5.74) is 4.58. The summed E-state index contributed by atoms with van der Waals surface area (Å²) < 4.78 is 15.4. The Morgan fingerprint density at radius 3 is 2.40 bits per heavy atom. The number of amides is 2. The van der Waals surface area contributed by atoms with E-state index >= 15 is 0 Å². The lowest BCUT2D eigenvalue weighted by Gasteiger charge is -2.21. The van der Waals surface area contributed by atoms with E-state index in [0.717, 1.165) is 22.4 Å². The summed E-state index contributed by atoms with van der Waals surface area (Å²) >= 11 is 7.60. The van der Waals surface area contributed by atoms with Crippen molar-refractivity contribution in [3.63, 3.8) is 0 Å². The number of hydrogen-bond acceptors (Lipinski definition) is 4. The van der Waals surface area contributed by atoms with Crippen molar-refractivity contribution < 1.29 is 9.18 Å². The smallest absolute Gasteiger partial charge is 0.319 e. The van der Waals surface area contributed by atoms with Gasteiger partial charge in [0.1, 0.15) is 5.82 Å². The molecule has 9 heteroatoms. The summed E-state index contributed by atoms with van der Waals surface area (Å²) in [6.45, 7) is 2.03. The van der Waals surface area contributed by atoms with Gasteiger partial charge in [0, 0.05) is 28.6 Å². The van der Waals surface area contributed by atoms with Crippen LogP contribution in [0.4, 0.5) is 14.9 Å². The topological polar surface area (TPSA) is 71.8 Å². The lowest BCUT2D eigenvalue weighted by Crippen LogP contribution is -2.35. The van der Waals surface area contributed by atoms with Gasteiger partial charge in [-0.1, -0.05) is 89.6 Å². The highest BCUT2D eigenvalue weighted by Crippen LogP contribution is 2.29. The highest BCUT2D eigenvalue weighted by atomic mass is 35.5. The molecule has 0 spiro atoms. The van der Waals surface area contributed by atoms with Gasteiger partial charge < -0.3 is 10.6 Å². The van der Waals surface area contributed by atoms with Gasteiger partial charge in [0.15, 0.2) is 11.0 Å². The average Bonchev–Trinajstić information content (AvgIpc) is 3.37. The minimum atomic E-state index is -0.504. The van der Waals surface area contributed by atoms with Crippen molar-refractivity contribution >= 4 is 35.1 Å². The molecule has 1 unspecified atom stereocenters. The van der Waals surface area contributed by atoms with Crippen LogP contribution in [0, 0.1) is 12.7 Å². The van der Waals surface area contributed by atoms with Crippen LogP contribution in [0.1, 0.15) is 28.6 Å². The van der Waals surface area contributed by atoms with Crippen molar-refractivity contribution in [1.82, 2.24) is 20.1 Å². The lowest BCUT2D eigenvalue weighted by molar-refractivity contribution is 0.247. The highest BCUT2D eigenvalue weighted by Gasteiger charge is 2.25. The number of urea groups is 1. The number of aryl methyl sites for hydroxylation is 1. The van der Waals surface area contributed by atoms with E-state index in [-0.39, 0.29) is 11.8 Å². The molecular weight excluding hydrogens is 545 g/mol. The molecule has 0 bridgehead atoms. The van der Waals surface area contributed by atoms with Gasteiger partial charge in [-0.25, -0.2) is 9.18 Å². The van der Waals surface area contributed by atoms with Crippen LogP contribution >= 0.6 is 23.4 Å². The van der Waals surface area contributed by atoms with Crippen LogP contribution in [-0.2, 0) is 12.2 Å². The third-order valence-electron chi connectivity index (χ3n) is 6.21. The number of carbonyl (C=O) groups is 1. The van der Waals surface area contributed by atoms with Crippen LogP contribution < -0.4 is 10.6 Å². The second-order valence-corrected chi connectivity index (χ2v) is 10.7. The summed E-state index contributed by atoms with van der Waals surface area (Å²) in [7, 11) is 0. The van der Waals surface area contributed by atoms with Gasteiger partial charge >= 0.3 is 6.03 Å². The van der Waals surface area contributed by atoms with Crippen molar-refractivity contribution in [2.75, 3.05) is 5.32 Å². The molecule has 0 aliphatic heterocycles. The molecule has 6 nitrogen and oxygen atoms in total. The van der Waals surface area contributed by atoms with Gasteiger partial charge in [0.2, 0.25) is 0 Å². The van der Waals surface area contributed by atoms with Crippen LogP contribution in [0.25, 0.3) is 5.69 Å². The molecule has 0 saturated carbocycles. The first-order valence-electron chi connectivity index (χ1n) is 12.7. The molecule has 0 aliphatic rings. The molecule has 1 heterocycles. The van der Waals surface area contributed by atoms with Crippen LogP contribution in [-0.4, -0.2) is 20.8 Å². The number of carbonyl (C=O) groups excluding carboxylic acids is 1. The van der Waals surface area contributed by atoms with Crippen molar-refractivity contribution in [3.05, 3.63) is 136 Å². The first-order valence-corrected chi connectivity index (χ1v) is 14.1. The second kappa shape index (κ2) is 12.8. The van der Waals surface area contributed by atoms with Gasteiger partial charge in [0.05, 0.1) is 6.04 Å². The molecule has 1 atom stereocenters. The van der Waals surface area contributed by atoms with Gasteiger partial charge in [-0.15, -0.1) is 10.2 Å². The summed E-state index contributed by atoms with van der Waals surface area (Å²) in [4.78, 5) is 13.2. The zero-order chi connectivity index (χ0) is 27.9. The van der Waals surface area contributed by atoms with Crippen molar-refractivity contribution in [3.8, 4) is 5.69 Å². The maximum absolute atomic E-state index is 13.4. The first-order chi connectivity index (χ1) is 19.4. The zero-order valence-corrected chi connectivity index (χ0v) is 23.3. The normalized spacial score (nSPS) is 11.7. The Morgan fingerprint density at radius 1 is 0.925 bits per heavy atom. The van der Waals surface area contributed by atoms with Gasteiger partial charge in [0.25, 0.3) is 0 Å². The molecule has 2 N–H and O–H groups in total. The number of anilines is 1. The van der Waals surface area contributed by atoms with Gasteiger partial charge in [-0.05, 0) is 60.5 Å². The van der Waals surface area contributed by atoms with Crippen molar-refractivity contribution in [1.29, 1.82) is 0 Å². The number of aromatic nitrogens is 3. The Balaban J connectivity index is 1.49. The number of thioether (sulfide) groups is 1. The van der Waals surface area contributed by atoms with Crippen LogP contribution in [0.5, 0.6) is 0 Å². The third-order valence-corrected chi connectivity index (χ3v) is 7.45.